The van der Waals surface area contributed by atoms with E-state index in [0.29, 0.717) is 12.3 Å². The number of hydrogen-bond donors (Lipinski definition) is 1. The molecule has 1 aromatic carbocycles. The summed E-state index contributed by atoms with van der Waals surface area (Å²) in [7, 11) is 3.93. The van der Waals surface area contributed by atoms with E-state index < -0.39 is 6.04 Å². The zero-order valence-electron chi connectivity index (χ0n) is 13.1. The quantitative estimate of drug-likeness (QED) is 0.916. The van der Waals surface area contributed by atoms with Gasteiger partial charge in [0.25, 0.3) is 0 Å². The SMILES string of the molecule is CC(C)CC1NC(=O)CN(c2ccc(N(C)C)cc2)C1=O. The van der Waals surface area contributed by atoms with Crippen LogP contribution in [0.3, 0.4) is 0 Å². The first-order valence-electron chi connectivity index (χ1n) is 7.26. The van der Waals surface area contributed by atoms with E-state index >= 15 is 0 Å². The van der Waals surface area contributed by atoms with Crippen molar-refractivity contribution in [1.82, 2.24) is 5.32 Å². The first-order valence-corrected chi connectivity index (χ1v) is 7.26. The fourth-order valence-corrected chi connectivity index (χ4v) is 2.49. The third-order valence-corrected chi connectivity index (χ3v) is 3.59. The number of nitrogens with zero attached hydrogens (tertiary/aromatic N) is 2. The van der Waals surface area contributed by atoms with E-state index in [1.54, 1.807) is 4.90 Å². The Morgan fingerprint density at radius 1 is 1.24 bits per heavy atom. The lowest BCUT2D eigenvalue weighted by atomic mass is 10.0. The van der Waals surface area contributed by atoms with Crippen molar-refractivity contribution in [3.05, 3.63) is 24.3 Å². The third kappa shape index (κ3) is 3.54. The van der Waals surface area contributed by atoms with Crippen LogP contribution < -0.4 is 15.1 Å². The summed E-state index contributed by atoms with van der Waals surface area (Å²) in [4.78, 5) is 27.9. The zero-order chi connectivity index (χ0) is 15.6. The van der Waals surface area contributed by atoms with Crippen molar-refractivity contribution in [2.75, 3.05) is 30.4 Å². The van der Waals surface area contributed by atoms with Gasteiger partial charge in [-0.05, 0) is 36.6 Å². The van der Waals surface area contributed by atoms with E-state index in [9.17, 15) is 9.59 Å². The van der Waals surface area contributed by atoms with Crippen LogP contribution in [0.5, 0.6) is 0 Å². The zero-order valence-corrected chi connectivity index (χ0v) is 13.1. The van der Waals surface area contributed by atoms with Crippen LogP contribution in [0.2, 0.25) is 0 Å². The van der Waals surface area contributed by atoms with Gasteiger partial charge in [0.15, 0.2) is 0 Å². The Labute approximate surface area is 125 Å². The van der Waals surface area contributed by atoms with Gasteiger partial charge in [-0.25, -0.2) is 0 Å². The third-order valence-electron chi connectivity index (χ3n) is 3.59. The average Bonchev–Trinajstić information content (AvgIpc) is 2.42. The summed E-state index contributed by atoms with van der Waals surface area (Å²) in [6.45, 7) is 4.18. The minimum Gasteiger partial charge on any atom is -0.378 e. The molecule has 0 aliphatic carbocycles. The fraction of sp³-hybridized carbons (Fsp3) is 0.500. The first-order chi connectivity index (χ1) is 9.88. The Morgan fingerprint density at radius 3 is 2.38 bits per heavy atom. The van der Waals surface area contributed by atoms with Crippen molar-refractivity contribution in [1.29, 1.82) is 0 Å². The molecule has 1 aromatic rings. The maximum atomic E-state index is 12.5. The van der Waals surface area contributed by atoms with Gasteiger partial charge in [-0.2, -0.15) is 0 Å². The van der Waals surface area contributed by atoms with E-state index in [2.05, 4.69) is 5.32 Å². The number of carbonyl (C=O) groups excluding carboxylic acids is 2. The maximum Gasteiger partial charge on any atom is 0.250 e. The largest absolute Gasteiger partial charge is 0.378 e. The summed E-state index contributed by atoms with van der Waals surface area (Å²) in [5, 5.41) is 2.79. The highest BCUT2D eigenvalue weighted by atomic mass is 16.2. The van der Waals surface area contributed by atoms with Crippen molar-refractivity contribution in [2.24, 2.45) is 5.92 Å². The molecule has 0 aromatic heterocycles. The fourth-order valence-electron chi connectivity index (χ4n) is 2.49. The molecule has 114 valence electrons. The molecule has 1 saturated heterocycles. The van der Waals surface area contributed by atoms with Crippen LogP contribution in [0.25, 0.3) is 0 Å². The lowest BCUT2D eigenvalue weighted by molar-refractivity contribution is -0.131. The van der Waals surface area contributed by atoms with Gasteiger partial charge in [-0.1, -0.05) is 13.8 Å². The number of hydrogen-bond acceptors (Lipinski definition) is 3. The molecule has 1 fully saturated rings. The molecule has 1 atom stereocenters. The molecule has 0 spiro atoms. The molecule has 1 aliphatic rings. The summed E-state index contributed by atoms with van der Waals surface area (Å²) in [5.74, 6) is 0.230. The lowest BCUT2D eigenvalue weighted by Gasteiger charge is -2.33. The number of amides is 2. The molecular formula is C16H23N3O2. The summed E-state index contributed by atoms with van der Waals surface area (Å²) in [5.41, 5.74) is 1.83. The Hall–Kier alpha value is -2.04. The van der Waals surface area contributed by atoms with Crippen LogP contribution in [0.4, 0.5) is 11.4 Å². The number of rotatable bonds is 4. The molecule has 0 radical (unpaired) electrons. The number of anilines is 2. The number of nitrogens with one attached hydrogen (secondary N) is 1. The van der Waals surface area contributed by atoms with Crippen LogP contribution in [0, 0.1) is 5.92 Å². The van der Waals surface area contributed by atoms with Crippen LogP contribution in [-0.2, 0) is 9.59 Å². The van der Waals surface area contributed by atoms with Gasteiger partial charge >= 0.3 is 0 Å². The normalized spacial score (nSPS) is 18.9. The Bertz CT molecular complexity index is 523. The van der Waals surface area contributed by atoms with Crippen LogP contribution in [-0.4, -0.2) is 38.5 Å². The van der Waals surface area contributed by atoms with Crippen molar-refractivity contribution in [3.63, 3.8) is 0 Å². The molecule has 0 saturated carbocycles. The Kier molecular flexibility index (Phi) is 4.50. The monoisotopic (exact) mass is 289 g/mol. The van der Waals surface area contributed by atoms with Crippen LogP contribution in [0.15, 0.2) is 24.3 Å². The topological polar surface area (TPSA) is 52.7 Å². The minimum absolute atomic E-state index is 0.0269. The molecule has 1 heterocycles. The highest BCUT2D eigenvalue weighted by Crippen LogP contribution is 2.22. The van der Waals surface area contributed by atoms with E-state index in [-0.39, 0.29) is 18.4 Å². The number of piperazine rings is 1. The molecule has 0 bridgehead atoms. The predicted molar refractivity (Wildman–Crippen MR) is 84.5 cm³/mol. The second-order valence-corrected chi connectivity index (χ2v) is 6.08. The van der Waals surface area contributed by atoms with Crippen molar-refractivity contribution in [3.8, 4) is 0 Å². The maximum absolute atomic E-state index is 12.5. The van der Waals surface area contributed by atoms with Crippen molar-refractivity contribution in [2.45, 2.75) is 26.3 Å². The molecule has 2 amide bonds. The van der Waals surface area contributed by atoms with Gasteiger partial charge < -0.3 is 15.1 Å². The second-order valence-electron chi connectivity index (χ2n) is 6.08. The summed E-state index contributed by atoms with van der Waals surface area (Å²) >= 11 is 0. The van der Waals surface area contributed by atoms with Crippen molar-refractivity contribution < 1.29 is 9.59 Å². The summed E-state index contributed by atoms with van der Waals surface area (Å²) in [6, 6.07) is 7.26. The molecule has 2 rings (SSSR count). The molecular weight excluding hydrogens is 266 g/mol. The average molecular weight is 289 g/mol. The van der Waals surface area contributed by atoms with Crippen LogP contribution in [0.1, 0.15) is 20.3 Å². The smallest absolute Gasteiger partial charge is 0.250 e. The van der Waals surface area contributed by atoms with E-state index in [1.165, 1.54) is 0 Å². The van der Waals surface area contributed by atoms with Gasteiger partial charge in [-0.3, -0.25) is 9.59 Å². The highest BCUT2D eigenvalue weighted by Gasteiger charge is 2.33. The summed E-state index contributed by atoms with van der Waals surface area (Å²) < 4.78 is 0. The van der Waals surface area contributed by atoms with Gasteiger partial charge in [0.05, 0.1) is 0 Å². The van der Waals surface area contributed by atoms with Crippen LogP contribution >= 0.6 is 0 Å². The van der Waals surface area contributed by atoms with Gasteiger partial charge in [0.1, 0.15) is 12.6 Å². The molecule has 5 nitrogen and oxygen atoms in total. The molecule has 5 heteroatoms. The lowest BCUT2D eigenvalue weighted by Crippen LogP contribution is -2.58. The highest BCUT2D eigenvalue weighted by molar-refractivity contribution is 6.06. The molecule has 21 heavy (non-hydrogen) atoms. The molecule has 1 aliphatic heterocycles. The standard InChI is InChI=1S/C16H23N3O2/c1-11(2)9-14-16(21)19(10-15(20)17-14)13-7-5-12(6-8-13)18(3)4/h5-8,11,14H,9-10H2,1-4H3,(H,17,20). The predicted octanol–water partition coefficient (Wildman–Crippen LogP) is 1.63. The number of benzene rings is 1. The number of carbonyl (C=O) groups is 2. The van der Waals surface area contributed by atoms with E-state index in [1.807, 2.05) is 57.1 Å². The Balaban J connectivity index is 2.20. The Morgan fingerprint density at radius 2 is 1.86 bits per heavy atom. The summed E-state index contributed by atoms with van der Waals surface area (Å²) in [6.07, 6.45) is 0.664. The minimum atomic E-state index is -0.417. The van der Waals surface area contributed by atoms with Gasteiger partial charge in [0, 0.05) is 25.5 Å². The molecule has 1 N–H and O–H groups in total. The van der Waals surface area contributed by atoms with Gasteiger partial charge in [-0.15, -0.1) is 0 Å². The first kappa shape index (κ1) is 15.4. The van der Waals surface area contributed by atoms with E-state index in [0.717, 1.165) is 11.4 Å². The van der Waals surface area contributed by atoms with E-state index in [4.69, 9.17) is 0 Å². The molecule has 1 unspecified atom stereocenters. The second kappa shape index (κ2) is 6.16. The van der Waals surface area contributed by atoms with Crippen molar-refractivity contribution >= 4 is 23.2 Å². The van der Waals surface area contributed by atoms with Gasteiger partial charge in [0.2, 0.25) is 11.8 Å².